The number of fused-ring (bicyclic) bond motifs is 1. The molecule has 42 heavy (non-hydrogen) atoms. The molecule has 4 rings (SSSR count). The van der Waals surface area contributed by atoms with Gasteiger partial charge < -0.3 is 29.2 Å². The summed E-state index contributed by atoms with van der Waals surface area (Å²) in [5, 5.41) is 2.40. The van der Waals surface area contributed by atoms with Crippen LogP contribution < -0.4 is 24.4 Å². The molecule has 0 spiro atoms. The van der Waals surface area contributed by atoms with Crippen molar-refractivity contribution in [3.63, 3.8) is 0 Å². The molecule has 1 aliphatic heterocycles. The van der Waals surface area contributed by atoms with Crippen LogP contribution in [-0.4, -0.2) is 76.8 Å². The molecule has 0 bridgehead atoms. The van der Waals surface area contributed by atoms with E-state index in [4.69, 9.17) is 18.9 Å². The number of carbonyl (C=O) groups excluding carboxylic acids is 3. The van der Waals surface area contributed by atoms with E-state index in [1.54, 1.807) is 44.4 Å². The number of esters is 1. The van der Waals surface area contributed by atoms with E-state index in [0.717, 1.165) is 16.1 Å². The molecule has 0 radical (unpaired) electrons. The minimum Gasteiger partial charge on any atom is -0.497 e. The first-order valence-electron chi connectivity index (χ1n) is 13.3. The molecule has 0 aliphatic carbocycles. The molecular formula is C31H35N3O7S. The lowest BCUT2D eigenvalue weighted by molar-refractivity contribution is -0.152. The normalized spacial score (nSPS) is 16.3. The summed E-state index contributed by atoms with van der Waals surface area (Å²) in [7, 11) is 6.47. The lowest BCUT2D eigenvalue weighted by Crippen LogP contribution is -2.46. The number of hydrogen-bond donors (Lipinski definition) is 1. The standard InChI is InChI=1S/C31H35N3O7S/c1-20(35)41-29-30(21-10-13-23(38-3)14-11-21)42-27-9-7-6-8-24(27)34(31(29)37)17-16-33(2)19-28(36)32-22-12-15-25(39-4)26(18-22)40-5/h6-15,18,29-30H,16-17,19H2,1-5H3,(H,32,36)/t29-,30+/m1/s1. The van der Waals surface area contributed by atoms with Crippen molar-refractivity contribution in [2.45, 2.75) is 23.2 Å². The van der Waals surface area contributed by atoms with Crippen LogP contribution in [0.15, 0.2) is 71.6 Å². The van der Waals surface area contributed by atoms with Crippen molar-refractivity contribution in [1.29, 1.82) is 0 Å². The number of likely N-dealkylation sites (N-methyl/N-ethyl adjacent to an activating group) is 1. The van der Waals surface area contributed by atoms with Gasteiger partial charge in [0.15, 0.2) is 17.6 Å². The first-order valence-corrected chi connectivity index (χ1v) is 14.2. The summed E-state index contributed by atoms with van der Waals surface area (Å²) in [6, 6.07) is 20.2. The van der Waals surface area contributed by atoms with Crippen LogP contribution in [0, 0.1) is 0 Å². The fraction of sp³-hybridized carbons (Fsp3) is 0.323. The van der Waals surface area contributed by atoms with Gasteiger partial charge in [-0.05, 0) is 49.0 Å². The summed E-state index contributed by atoms with van der Waals surface area (Å²) < 4.78 is 21.5. The summed E-state index contributed by atoms with van der Waals surface area (Å²) in [5.74, 6) is 0.673. The van der Waals surface area contributed by atoms with E-state index in [-0.39, 0.29) is 24.9 Å². The summed E-state index contributed by atoms with van der Waals surface area (Å²) in [6.07, 6.45) is -1.05. The molecule has 11 heteroatoms. The molecule has 1 aliphatic rings. The van der Waals surface area contributed by atoms with Crippen LogP contribution in [0.4, 0.5) is 11.4 Å². The van der Waals surface area contributed by atoms with Gasteiger partial charge in [-0.2, -0.15) is 0 Å². The Bertz CT molecular complexity index is 1420. The molecule has 1 heterocycles. The number of ether oxygens (including phenoxy) is 4. The summed E-state index contributed by atoms with van der Waals surface area (Å²) in [6.45, 7) is 2.07. The van der Waals surface area contributed by atoms with Crippen LogP contribution >= 0.6 is 11.8 Å². The smallest absolute Gasteiger partial charge is 0.303 e. The van der Waals surface area contributed by atoms with Gasteiger partial charge in [0.1, 0.15) is 5.75 Å². The zero-order valence-electron chi connectivity index (χ0n) is 24.3. The average Bonchev–Trinajstić information content (AvgIpc) is 3.09. The fourth-order valence-electron chi connectivity index (χ4n) is 4.65. The number of benzene rings is 3. The number of anilines is 2. The second kappa shape index (κ2) is 14.1. The summed E-state index contributed by atoms with van der Waals surface area (Å²) >= 11 is 1.48. The molecule has 222 valence electrons. The van der Waals surface area contributed by atoms with Gasteiger partial charge in [0, 0.05) is 36.7 Å². The Hall–Kier alpha value is -4.22. The molecule has 0 saturated heterocycles. The average molecular weight is 594 g/mol. The van der Waals surface area contributed by atoms with Crippen molar-refractivity contribution >= 4 is 40.9 Å². The van der Waals surface area contributed by atoms with Crippen LogP contribution in [0.5, 0.6) is 17.2 Å². The Morgan fingerprint density at radius 2 is 1.67 bits per heavy atom. The van der Waals surface area contributed by atoms with E-state index in [9.17, 15) is 14.4 Å². The number of rotatable bonds is 11. The lowest BCUT2D eigenvalue weighted by atomic mass is 10.1. The SMILES string of the molecule is COc1ccc([C@@H]2Sc3ccccc3N(CCN(C)CC(=O)Nc3ccc(OC)c(OC)c3)C(=O)[C@@H]2OC(C)=O)cc1. The highest BCUT2D eigenvalue weighted by Gasteiger charge is 2.40. The van der Waals surface area contributed by atoms with Gasteiger partial charge >= 0.3 is 5.97 Å². The molecular weight excluding hydrogens is 558 g/mol. The Morgan fingerprint density at radius 3 is 2.33 bits per heavy atom. The number of thioether (sulfide) groups is 1. The maximum absolute atomic E-state index is 14.0. The highest BCUT2D eigenvalue weighted by molar-refractivity contribution is 7.99. The second-order valence-corrected chi connectivity index (χ2v) is 10.8. The lowest BCUT2D eigenvalue weighted by Gasteiger charge is -2.29. The molecule has 0 unspecified atom stereocenters. The van der Waals surface area contributed by atoms with Crippen molar-refractivity contribution in [1.82, 2.24) is 4.90 Å². The third-order valence-electron chi connectivity index (χ3n) is 6.72. The van der Waals surface area contributed by atoms with Crippen molar-refractivity contribution < 1.29 is 33.3 Å². The quantitative estimate of drug-likeness (QED) is 0.324. The van der Waals surface area contributed by atoms with Gasteiger partial charge in [0.05, 0.1) is 38.8 Å². The fourth-order valence-corrected chi connectivity index (χ4v) is 5.97. The predicted octanol–water partition coefficient (Wildman–Crippen LogP) is 4.39. The van der Waals surface area contributed by atoms with E-state index in [2.05, 4.69) is 5.32 Å². The van der Waals surface area contributed by atoms with Crippen molar-refractivity contribution in [2.24, 2.45) is 0 Å². The maximum atomic E-state index is 14.0. The first kappa shape index (κ1) is 30.7. The molecule has 0 aromatic heterocycles. The molecule has 0 fully saturated rings. The number of hydrogen-bond acceptors (Lipinski definition) is 9. The van der Waals surface area contributed by atoms with Gasteiger partial charge in [0.25, 0.3) is 5.91 Å². The molecule has 0 saturated carbocycles. The number of amides is 2. The van der Waals surface area contributed by atoms with Gasteiger partial charge in [-0.25, -0.2) is 0 Å². The Labute approximate surface area is 249 Å². The summed E-state index contributed by atoms with van der Waals surface area (Å²) in [5.41, 5.74) is 2.14. The summed E-state index contributed by atoms with van der Waals surface area (Å²) in [4.78, 5) is 43.3. The van der Waals surface area contributed by atoms with E-state index in [1.807, 2.05) is 53.4 Å². The highest BCUT2D eigenvalue weighted by atomic mass is 32.2. The number of methoxy groups -OCH3 is 3. The van der Waals surface area contributed by atoms with E-state index in [1.165, 1.54) is 25.8 Å². The predicted molar refractivity (Wildman–Crippen MR) is 162 cm³/mol. The first-order chi connectivity index (χ1) is 20.2. The maximum Gasteiger partial charge on any atom is 0.303 e. The largest absolute Gasteiger partial charge is 0.497 e. The second-order valence-electron chi connectivity index (χ2n) is 9.65. The number of nitrogens with one attached hydrogen (secondary N) is 1. The van der Waals surface area contributed by atoms with Crippen molar-refractivity contribution in [3.8, 4) is 17.2 Å². The van der Waals surface area contributed by atoms with Gasteiger partial charge in [0.2, 0.25) is 5.91 Å². The van der Waals surface area contributed by atoms with E-state index < -0.39 is 17.3 Å². The number of carbonyl (C=O) groups is 3. The van der Waals surface area contributed by atoms with Crippen LogP contribution in [0.3, 0.4) is 0 Å². The molecule has 1 N–H and O–H groups in total. The number of para-hydroxylation sites is 1. The third kappa shape index (κ3) is 7.34. The molecule has 2 atom stereocenters. The van der Waals surface area contributed by atoms with Crippen LogP contribution in [-0.2, 0) is 19.1 Å². The van der Waals surface area contributed by atoms with Gasteiger partial charge in [-0.15, -0.1) is 11.8 Å². The Balaban J connectivity index is 1.50. The monoisotopic (exact) mass is 593 g/mol. The minimum absolute atomic E-state index is 0.0919. The molecule has 10 nitrogen and oxygen atoms in total. The van der Waals surface area contributed by atoms with Gasteiger partial charge in [-0.1, -0.05) is 24.3 Å². The number of nitrogens with zero attached hydrogens (tertiary/aromatic N) is 2. The molecule has 3 aromatic carbocycles. The third-order valence-corrected chi connectivity index (χ3v) is 8.09. The zero-order valence-corrected chi connectivity index (χ0v) is 25.1. The van der Waals surface area contributed by atoms with Crippen LogP contribution in [0.25, 0.3) is 0 Å². The highest BCUT2D eigenvalue weighted by Crippen LogP contribution is 2.46. The minimum atomic E-state index is -1.05. The van der Waals surface area contributed by atoms with Crippen LogP contribution in [0.1, 0.15) is 17.7 Å². The van der Waals surface area contributed by atoms with Crippen molar-refractivity contribution in [3.05, 3.63) is 72.3 Å². The van der Waals surface area contributed by atoms with Crippen molar-refractivity contribution in [2.75, 3.05) is 58.2 Å². The van der Waals surface area contributed by atoms with Crippen LogP contribution in [0.2, 0.25) is 0 Å². The Morgan fingerprint density at radius 1 is 0.952 bits per heavy atom. The molecule has 3 aromatic rings. The zero-order chi connectivity index (χ0) is 30.2. The van der Waals surface area contributed by atoms with E-state index in [0.29, 0.717) is 29.5 Å². The van der Waals surface area contributed by atoms with E-state index >= 15 is 0 Å². The van der Waals surface area contributed by atoms with Gasteiger partial charge in [-0.3, -0.25) is 19.3 Å². The molecule has 2 amide bonds. The Kier molecular flexibility index (Phi) is 10.3. The topological polar surface area (TPSA) is 107 Å².